The van der Waals surface area contributed by atoms with Crippen molar-refractivity contribution in [3.05, 3.63) is 69.0 Å². The summed E-state index contributed by atoms with van der Waals surface area (Å²) in [5.41, 5.74) is 1.45. The lowest BCUT2D eigenvalue weighted by molar-refractivity contribution is -0.148. The molecule has 1 aliphatic rings. The molecule has 1 saturated heterocycles. The number of ether oxygens (including phenoxy) is 2. The van der Waals surface area contributed by atoms with Crippen molar-refractivity contribution in [3.8, 4) is 5.75 Å². The van der Waals surface area contributed by atoms with Gasteiger partial charge in [0.05, 0.1) is 23.6 Å². The van der Waals surface area contributed by atoms with Gasteiger partial charge in [0.2, 0.25) is 0 Å². The Labute approximate surface area is 180 Å². The maximum Gasteiger partial charge on any atom is 0.333 e. The van der Waals surface area contributed by atoms with E-state index in [1.165, 1.54) is 12.0 Å². The fourth-order valence-corrected chi connectivity index (χ4v) is 4.64. The van der Waals surface area contributed by atoms with E-state index in [0.29, 0.717) is 20.5 Å². The summed E-state index contributed by atoms with van der Waals surface area (Å²) in [6.45, 7) is 0. The molecule has 2 aromatic carbocycles. The lowest BCUT2D eigenvalue weighted by Crippen LogP contribution is -2.37. The molecule has 0 aromatic heterocycles. The van der Waals surface area contributed by atoms with Gasteiger partial charge in [0, 0.05) is 0 Å². The van der Waals surface area contributed by atoms with Crippen molar-refractivity contribution in [1.82, 2.24) is 4.90 Å². The Kier molecular flexibility index (Phi) is 6.53. The summed E-state index contributed by atoms with van der Waals surface area (Å²) in [6, 6.07) is 13.5. The van der Waals surface area contributed by atoms with Gasteiger partial charge in [-0.25, -0.2) is 4.79 Å². The minimum Gasteiger partial charge on any atom is -0.496 e. The highest BCUT2D eigenvalue weighted by Crippen LogP contribution is 2.39. The first kappa shape index (κ1) is 20.6. The molecule has 8 heteroatoms. The number of methoxy groups -OCH3 is 2. The number of thiocarbonyl (C=S) groups is 1. The molecule has 0 N–H and O–H groups in total. The SMILES string of the molecule is COC(=O)C(c1ccccc1)N1C(=O)/C(=C\c2ccc(OC)c(Br)c2)SC1=S. The quantitative estimate of drug-likeness (QED) is 0.357. The van der Waals surface area contributed by atoms with Crippen LogP contribution in [0.15, 0.2) is 57.9 Å². The third-order valence-electron chi connectivity index (χ3n) is 4.10. The standard InChI is InChI=1S/C20H16BrNO4S2/c1-25-15-9-8-12(10-14(15)21)11-16-18(23)22(20(27)28-16)17(19(24)26-2)13-6-4-3-5-7-13/h3-11,17H,1-2H3/b16-11+. The number of hydrogen-bond donors (Lipinski definition) is 0. The fraction of sp³-hybridized carbons (Fsp3) is 0.150. The number of benzene rings is 2. The van der Waals surface area contributed by atoms with Crippen molar-refractivity contribution in [3.63, 3.8) is 0 Å². The van der Waals surface area contributed by atoms with Crippen LogP contribution in [0.3, 0.4) is 0 Å². The second kappa shape index (κ2) is 8.89. The summed E-state index contributed by atoms with van der Waals surface area (Å²) >= 11 is 10.0. The van der Waals surface area contributed by atoms with E-state index in [9.17, 15) is 9.59 Å². The van der Waals surface area contributed by atoms with Crippen LogP contribution >= 0.6 is 39.9 Å². The molecule has 1 atom stereocenters. The van der Waals surface area contributed by atoms with Crippen molar-refractivity contribution in [2.24, 2.45) is 0 Å². The molecular formula is C20H16BrNO4S2. The number of carbonyl (C=O) groups is 2. The maximum absolute atomic E-state index is 13.1. The number of esters is 1. The summed E-state index contributed by atoms with van der Waals surface area (Å²) in [6.07, 6.45) is 1.74. The summed E-state index contributed by atoms with van der Waals surface area (Å²) in [5, 5.41) is 0. The number of thioether (sulfide) groups is 1. The van der Waals surface area contributed by atoms with Crippen LogP contribution in [-0.4, -0.2) is 35.3 Å². The van der Waals surface area contributed by atoms with Gasteiger partial charge in [0.15, 0.2) is 6.04 Å². The second-order valence-corrected chi connectivity index (χ2v) is 8.31. The second-order valence-electron chi connectivity index (χ2n) is 5.78. The number of carbonyl (C=O) groups excluding carboxylic acids is 2. The summed E-state index contributed by atoms with van der Waals surface area (Å²) in [4.78, 5) is 27.3. The molecule has 2 aromatic rings. The molecule has 144 valence electrons. The molecule has 0 radical (unpaired) electrons. The zero-order valence-corrected chi connectivity index (χ0v) is 18.3. The van der Waals surface area contributed by atoms with E-state index >= 15 is 0 Å². The van der Waals surface area contributed by atoms with E-state index in [2.05, 4.69) is 15.9 Å². The lowest BCUT2D eigenvalue weighted by Gasteiger charge is -2.24. The summed E-state index contributed by atoms with van der Waals surface area (Å²) in [5.74, 6) is -0.184. The molecule has 0 bridgehead atoms. The van der Waals surface area contributed by atoms with Gasteiger partial charge in [0.1, 0.15) is 10.1 Å². The van der Waals surface area contributed by atoms with E-state index in [1.54, 1.807) is 43.5 Å². The molecule has 28 heavy (non-hydrogen) atoms. The van der Waals surface area contributed by atoms with Crippen LogP contribution in [0.1, 0.15) is 17.2 Å². The molecule has 1 heterocycles. The first-order valence-electron chi connectivity index (χ1n) is 8.19. The highest BCUT2D eigenvalue weighted by molar-refractivity contribution is 9.10. The maximum atomic E-state index is 13.1. The number of amides is 1. The third-order valence-corrected chi connectivity index (χ3v) is 6.05. The molecule has 1 unspecified atom stereocenters. The van der Waals surface area contributed by atoms with Crippen LogP contribution in [0.4, 0.5) is 0 Å². The highest BCUT2D eigenvalue weighted by Gasteiger charge is 2.41. The van der Waals surface area contributed by atoms with Gasteiger partial charge in [-0.05, 0) is 45.3 Å². The van der Waals surface area contributed by atoms with E-state index in [-0.39, 0.29) is 5.91 Å². The Hall–Kier alpha value is -2.16. The van der Waals surface area contributed by atoms with Gasteiger partial charge in [-0.1, -0.05) is 60.4 Å². The first-order valence-corrected chi connectivity index (χ1v) is 10.2. The molecule has 1 fully saturated rings. The smallest absolute Gasteiger partial charge is 0.333 e. The van der Waals surface area contributed by atoms with Crippen LogP contribution in [-0.2, 0) is 14.3 Å². The van der Waals surface area contributed by atoms with Crippen LogP contribution < -0.4 is 4.74 Å². The normalized spacial score (nSPS) is 16.4. The average molecular weight is 478 g/mol. The highest BCUT2D eigenvalue weighted by atomic mass is 79.9. The van der Waals surface area contributed by atoms with E-state index in [1.807, 2.05) is 18.2 Å². The predicted molar refractivity (Wildman–Crippen MR) is 117 cm³/mol. The van der Waals surface area contributed by atoms with Gasteiger partial charge < -0.3 is 9.47 Å². The van der Waals surface area contributed by atoms with E-state index in [0.717, 1.165) is 21.8 Å². The first-order chi connectivity index (χ1) is 13.5. The van der Waals surface area contributed by atoms with Crippen molar-refractivity contribution >= 4 is 62.2 Å². The lowest BCUT2D eigenvalue weighted by atomic mass is 10.1. The predicted octanol–water partition coefficient (Wildman–Crippen LogP) is 4.57. The zero-order chi connectivity index (χ0) is 20.3. The van der Waals surface area contributed by atoms with Crippen molar-refractivity contribution < 1.29 is 19.1 Å². The molecule has 0 saturated carbocycles. The number of hydrogen-bond acceptors (Lipinski definition) is 6. The molecule has 0 spiro atoms. The fourth-order valence-electron chi connectivity index (χ4n) is 2.76. The van der Waals surface area contributed by atoms with Crippen LogP contribution in [0.2, 0.25) is 0 Å². The summed E-state index contributed by atoms with van der Waals surface area (Å²) in [7, 11) is 2.88. The monoisotopic (exact) mass is 477 g/mol. The Bertz CT molecular complexity index is 962. The van der Waals surface area contributed by atoms with Crippen molar-refractivity contribution in [1.29, 1.82) is 0 Å². The minimum absolute atomic E-state index is 0.308. The Balaban J connectivity index is 1.96. The number of nitrogens with zero attached hydrogens (tertiary/aromatic N) is 1. The largest absolute Gasteiger partial charge is 0.496 e. The molecule has 0 aliphatic carbocycles. The van der Waals surface area contributed by atoms with E-state index in [4.69, 9.17) is 21.7 Å². The van der Waals surface area contributed by atoms with Gasteiger partial charge in [-0.3, -0.25) is 9.69 Å². The number of rotatable bonds is 5. The topological polar surface area (TPSA) is 55.8 Å². The number of halogens is 1. The van der Waals surface area contributed by atoms with Gasteiger partial charge >= 0.3 is 5.97 Å². The van der Waals surface area contributed by atoms with E-state index < -0.39 is 12.0 Å². The van der Waals surface area contributed by atoms with Crippen LogP contribution in [0.25, 0.3) is 6.08 Å². The van der Waals surface area contributed by atoms with Gasteiger partial charge in [0.25, 0.3) is 5.91 Å². The molecule has 1 aliphatic heterocycles. The third kappa shape index (κ3) is 4.14. The Morgan fingerprint density at radius 3 is 2.54 bits per heavy atom. The Morgan fingerprint density at radius 2 is 1.93 bits per heavy atom. The van der Waals surface area contributed by atoms with Crippen molar-refractivity contribution in [2.45, 2.75) is 6.04 Å². The van der Waals surface area contributed by atoms with Crippen molar-refractivity contribution in [2.75, 3.05) is 14.2 Å². The summed E-state index contributed by atoms with van der Waals surface area (Å²) < 4.78 is 11.2. The minimum atomic E-state index is -0.924. The zero-order valence-electron chi connectivity index (χ0n) is 15.0. The molecule has 3 rings (SSSR count). The molecule has 1 amide bonds. The molecular weight excluding hydrogens is 462 g/mol. The van der Waals surface area contributed by atoms with Crippen LogP contribution in [0, 0.1) is 0 Å². The Morgan fingerprint density at radius 1 is 1.21 bits per heavy atom. The van der Waals surface area contributed by atoms with Gasteiger partial charge in [-0.2, -0.15) is 0 Å². The van der Waals surface area contributed by atoms with Gasteiger partial charge in [-0.15, -0.1) is 0 Å². The molecule has 5 nitrogen and oxygen atoms in total. The average Bonchev–Trinajstić information content (AvgIpc) is 2.97. The van der Waals surface area contributed by atoms with Crippen LogP contribution in [0.5, 0.6) is 5.75 Å².